The highest BCUT2D eigenvalue weighted by Gasteiger charge is 2.29. The molecule has 1 aliphatic heterocycles. The minimum absolute atomic E-state index is 0. The van der Waals surface area contributed by atoms with Gasteiger partial charge in [-0.15, -0.1) is 24.0 Å². The lowest BCUT2D eigenvalue weighted by atomic mass is 10.1. The van der Waals surface area contributed by atoms with Gasteiger partial charge in [-0.05, 0) is 50.1 Å². The average molecular weight is 542 g/mol. The molecule has 0 amide bonds. The van der Waals surface area contributed by atoms with E-state index in [-0.39, 0.29) is 24.0 Å². The first-order valence-corrected chi connectivity index (χ1v) is 11.0. The number of halogens is 1. The number of hydrogen-bond donors (Lipinski definition) is 2. The number of thioether (sulfide) groups is 1. The summed E-state index contributed by atoms with van der Waals surface area (Å²) in [6.07, 6.45) is 4.36. The Kier molecular flexibility index (Phi) is 10.0. The molecule has 3 rings (SSSR count). The Bertz CT molecular complexity index is 811. The zero-order valence-corrected chi connectivity index (χ0v) is 21.0. The van der Waals surface area contributed by atoms with E-state index in [1.807, 2.05) is 61.3 Å². The number of rotatable bonds is 8. The van der Waals surface area contributed by atoms with Gasteiger partial charge in [-0.3, -0.25) is 4.99 Å². The SMILES string of the molecule is CCOc1ccccc1Oc1ccc(CNC(=NC)NCC2(C)CCCS2)cn1.I. The Morgan fingerprint density at radius 3 is 2.63 bits per heavy atom. The highest BCUT2D eigenvalue weighted by molar-refractivity contribution is 14.0. The quantitative estimate of drug-likeness (QED) is 0.283. The largest absolute Gasteiger partial charge is 0.490 e. The maximum atomic E-state index is 5.88. The van der Waals surface area contributed by atoms with E-state index >= 15 is 0 Å². The molecular formula is C22H31IN4O2S. The van der Waals surface area contributed by atoms with E-state index in [0.717, 1.165) is 18.1 Å². The number of para-hydroxylation sites is 2. The number of ether oxygens (including phenoxy) is 2. The molecule has 1 atom stereocenters. The van der Waals surface area contributed by atoms with Crippen molar-refractivity contribution >= 4 is 41.7 Å². The molecule has 0 spiro atoms. The molecule has 1 fully saturated rings. The zero-order valence-electron chi connectivity index (χ0n) is 17.8. The summed E-state index contributed by atoms with van der Waals surface area (Å²) >= 11 is 2.04. The van der Waals surface area contributed by atoms with Crippen LogP contribution >= 0.6 is 35.7 Å². The van der Waals surface area contributed by atoms with Crippen LogP contribution in [-0.4, -0.2) is 41.6 Å². The third-order valence-corrected chi connectivity index (χ3v) is 6.31. The lowest BCUT2D eigenvalue weighted by Gasteiger charge is -2.24. The predicted molar refractivity (Wildman–Crippen MR) is 136 cm³/mol. The topological polar surface area (TPSA) is 67.8 Å². The smallest absolute Gasteiger partial charge is 0.219 e. The van der Waals surface area contributed by atoms with Gasteiger partial charge in [0.15, 0.2) is 17.5 Å². The van der Waals surface area contributed by atoms with Crippen molar-refractivity contribution in [1.82, 2.24) is 15.6 Å². The summed E-state index contributed by atoms with van der Waals surface area (Å²) in [5.41, 5.74) is 1.06. The summed E-state index contributed by atoms with van der Waals surface area (Å²) in [6, 6.07) is 11.5. The average Bonchev–Trinajstić information content (AvgIpc) is 3.17. The maximum absolute atomic E-state index is 5.88. The molecule has 2 N–H and O–H groups in total. The molecule has 6 nitrogen and oxygen atoms in total. The lowest BCUT2D eigenvalue weighted by molar-refractivity contribution is 0.319. The van der Waals surface area contributed by atoms with Crippen molar-refractivity contribution in [1.29, 1.82) is 0 Å². The molecular weight excluding hydrogens is 511 g/mol. The predicted octanol–water partition coefficient (Wildman–Crippen LogP) is 4.84. The number of guanidine groups is 1. The van der Waals surface area contributed by atoms with Crippen LogP contribution in [-0.2, 0) is 6.54 Å². The molecule has 1 saturated heterocycles. The van der Waals surface area contributed by atoms with Crippen LogP contribution in [0.15, 0.2) is 47.6 Å². The zero-order chi connectivity index (χ0) is 20.5. The van der Waals surface area contributed by atoms with Gasteiger partial charge in [0.1, 0.15) is 0 Å². The van der Waals surface area contributed by atoms with E-state index in [0.29, 0.717) is 35.3 Å². The third-order valence-electron chi connectivity index (χ3n) is 4.77. The summed E-state index contributed by atoms with van der Waals surface area (Å²) in [6.45, 7) is 6.42. The van der Waals surface area contributed by atoms with Crippen molar-refractivity contribution in [3.63, 3.8) is 0 Å². The molecule has 1 aromatic carbocycles. The first-order valence-electron chi connectivity index (χ1n) is 10.0. The number of hydrogen-bond acceptors (Lipinski definition) is 5. The fourth-order valence-electron chi connectivity index (χ4n) is 3.15. The van der Waals surface area contributed by atoms with Gasteiger partial charge >= 0.3 is 0 Å². The molecule has 0 radical (unpaired) electrons. The van der Waals surface area contributed by atoms with Gasteiger partial charge in [0.05, 0.1) is 6.61 Å². The summed E-state index contributed by atoms with van der Waals surface area (Å²) in [5.74, 6) is 3.97. The Labute approximate surface area is 200 Å². The standard InChI is InChI=1S/C22H30N4O2S.HI/c1-4-27-18-8-5-6-9-19(18)28-20-11-10-17(14-24-20)15-25-21(23-3)26-16-22(2)12-7-13-29-22;/h5-6,8-11,14H,4,7,12-13,15-16H2,1-3H3,(H2,23,25,26);1H. The van der Waals surface area contributed by atoms with Crippen molar-refractivity contribution in [2.45, 2.75) is 38.0 Å². The molecule has 1 unspecified atom stereocenters. The van der Waals surface area contributed by atoms with Crippen LogP contribution in [0.1, 0.15) is 32.3 Å². The third kappa shape index (κ3) is 7.23. The minimum atomic E-state index is 0. The summed E-state index contributed by atoms with van der Waals surface area (Å²) < 4.78 is 11.8. The van der Waals surface area contributed by atoms with Crippen LogP contribution in [0.5, 0.6) is 17.4 Å². The number of aromatic nitrogens is 1. The second kappa shape index (κ2) is 12.2. The van der Waals surface area contributed by atoms with Gasteiger partial charge in [-0.2, -0.15) is 11.8 Å². The van der Waals surface area contributed by atoms with E-state index in [2.05, 4.69) is 27.5 Å². The van der Waals surface area contributed by atoms with E-state index in [1.54, 1.807) is 7.05 Å². The summed E-state index contributed by atoms with van der Waals surface area (Å²) in [7, 11) is 1.80. The molecule has 2 heterocycles. The molecule has 8 heteroatoms. The Hall–Kier alpha value is -1.68. The van der Waals surface area contributed by atoms with Crippen molar-refractivity contribution in [3.05, 3.63) is 48.2 Å². The highest BCUT2D eigenvalue weighted by Crippen LogP contribution is 2.36. The lowest BCUT2D eigenvalue weighted by Crippen LogP contribution is -2.43. The summed E-state index contributed by atoms with van der Waals surface area (Å²) in [5, 5.41) is 6.79. The van der Waals surface area contributed by atoms with Crippen molar-refractivity contribution in [2.75, 3.05) is 26.0 Å². The number of nitrogens with one attached hydrogen (secondary N) is 2. The molecule has 2 aromatic rings. The van der Waals surface area contributed by atoms with Crippen LogP contribution < -0.4 is 20.1 Å². The van der Waals surface area contributed by atoms with Crippen LogP contribution in [0.4, 0.5) is 0 Å². The Morgan fingerprint density at radius 1 is 1.20 bits per heavy atom. The normalized spacial score (nSPS) is 18.4. The molecule has 0 aliphatic carbocycles. The Balaban J connectivity index is 0.00000320. The number of aliphatic imine (C=N–C) groups is 1. The van der Waals surface area contributed by atoms with Crippen molar-refractivity contribution in [3.8, 4) is 17.4 Å². The van der Waals surface area contributed by atoms with Crippen LogP contribution in [0, 0.1) is 0 Å². The first-order chi connectivity index (χ1) is 14.1. The minimum Gasteiger partial charge on any atom is -0.490 e. The summed E-state index contributed by atoms with van der Waals surface area (Å²) in [4.78, 5) is 8.74. The van der Waals surface area contributed by atoms with Gasteiger partial charge in [0.2, 0.25) is 5.88 Å². The van der Waals surface area contributed by atoms with Crippen LogP contribution in [0.3, 0.4) is 0 Å². The van der Waals surface area contributed by atoms with E-state index in [9.17, 15) is 0 Å². The second-order valence-electron chi connectivity index (χ2n) is 7.17. The van der Waals surface area contributed by atoms with Crippen LogP contribution in [0.2, 0.25) is 0 Å². The molecule has 164 valence electrons. The number of pyridine rings is 1. The van der Waals surface area contributed by atoms with Crippen molar-refractivity contribution < 1.29 is 9.47 Å². The fourth-order valence-corrected chi connectivity index (χ4v) is 4.40. The fraction of sp³-hybridized carbons (Fsp3) is 0.455. The molecule has 0 saturated carbocycles. The number of nitrogens with zero attached hydrogens (tertiary/aromatic N) is 2. The second-order valence-corrected chi connectivity index (χ2v) is 8.85. The van der Waals surface area contributed by atoms with Gasteiger partial charge in [0.25, 0.3) is 0 Å². The maximum Gasteiger partial charge on any atom is 0.219 e. The molecule has 1 aliphatic rings. The highest BCUT2D eigenvalue weighted by atomic mass is 127. The van der Waals surface area contributed by atoms with Gasteiger partial charge in [-0.1, -0.05) is 18.2 Å². The monoisotopic (exact) mass is 542 g/mol. The molecule has 0 bridgehead atoms. The first kappa shape index (κ1) is 24.6. The molecule has 30 heavy (non-hydrogen) atoms. The number of benzene rings is 1. The van der Waals surface area contributed by atoms with E-state index in [4.69, 9.17) is 9.47 Å². The van der Waals surface area contributed by atoms with Gasteiger partial charge in [0, 0.05) is 37.1 Å². The van der Waals surface area contributed by atoms with Crippen molar-refractivity contribution in [2.24, 2.45) is 4.99 Å². The Morgan fingerprint density at radius 2 is 2.00 bits per heavy atom. The molecule has 1 aromatic heterocycles. The van der Waals surface area contributed by atoms with E-state index < -0.39 is 0 Å². The van der Waals surface area contributed by atoms with E-state index in [1.165, 1.54) is 18.6 Å². The van der Waals surface area contributed by atoms with Gasteiger partial charge in [-0.25, -0.2) is 4.98 Å². The van der Waals surface area contributed by atoms with Gasteiger partial charge < -0.3 is 20.1 Å². The van der Waals surface area contributed by atoms with Crippen LogP contribution in [0.25, 0.3) is 0 Å².